The molecule has 0 radical (unpaired) electrons. The number of aromatic nitrogens is 4. The number of amides is 1. The first-order valence-electron chi connectivity index (χ1n) is 6.52. The molecular formula is C12H20N6O2S. The van der Waals surface area contributed by atoms with Crippen LogP contribution in [0.5, 0.6) is 0 Å². The van der Waals surface area contributed by atoms with E-state index in [1.54, 1.807) is 18.7 Å². The van der Waals surface area contributed by atoms with Gasteiger partial charge in [0.2, 0.25) is 11.1 Å². The van der Waals surface area contributed by atoms with Gasteiger partial charge in [0.05, 0.1) is 24.9 Å². The minimum atomic E-state index is -0.315. The van der Waals surface area contributed by atoms with E-state index >= 15 is 0 Å². The predicted octanol–water partition coefficient (Wildman–Crippen LogP) is -0.861. The molecule has 0 aromatic carbocycles. The summed E-state index contributed by atoms with van der Waals surface area (Å²) in [5, 5.41) is 17.6. The number of tetrazole rings is 1. The molecule has 0 saturated carbocycles. The molecular weight excluding hydrogens is 292 g/mol. The van der Waals surface area contributed by atoms with Crippen LogP contribution in [0.3, 0.4) is 0 Å². The number of nitrogens with one attached hydrogen (secondary N) is 2. The van der Waals surface area contributed by atoms with E-state index in [0.717, 1.165) is 13.1 Å². The number of terminal acetylenes is 1. The van der Waals surface area contributed by atoms with E-state index < -0.39 is 0 Å². The molecule has 1 rings (SSSR count). The monoisotopic (exact) mass is 312 g/mol. The first kappa shape index (κ1) is 17.4. The fourth-order valence-electron chi connectivity index (χ4n) is 1.40. The molecule has 0 aliphatic carbocycles. The van der Waals surface area contributed by atoms with Crippen LogP contribution in [0.4, 0.5) is 0 Å². The second-order valence-corrected chi connectivity index (χ2v) is 5.42. The Labute approximate surface area is 128 Å². The molecule has 1 heterocycles. The third-order valence-electron chi connectivity index (χ3n) is 2.50. The van der Waals surface area contributed by atoms with Gasteiger partial charge in [-0.05, 0) is 17.4 Å². The summed E-state index contributed by atoms with van der Waals surface area (Å²) in [6, 6.07) is 0. The second kappa shape index (κ2) is 10.1. The molecule has 2 N–H and O–H groups in total. The predicted molar refractivity (Wildman–Crippen MR) is 79.7 cm³/mol. The molecule has 9 heteroatoms. The van der Waals surface area contributed by atoms with Gasteiger partial charge in [-0.1, -0.05) is 17.7 Å². The number of carbonyl (C=O) groups excluding carboxylic acids is 1. The zero-order chi connectivity index (χ0) is 15.5. The highest BCUT2D eigenvalue weighted by molar-refractivity contribution is 8.00. The molecule has 0 aliphatic heterocycles. The highest BCUT2D eigenvalue weighted by Crippen LogP contribution is 2.19. The Morgan fingerprint density at radius 1 is 1.57 bits per heavy atom. The van der Waals surface area contributed by atoms with Crippen molar-refractivity contribution in [2.24, 2.45) is 0 Å². The molecule has 21 heavy (non-hydrogen) atoms. The number of nitrogens with zero attached hydrogens (tertiary/aromatic N) is 4. The molecule has 1 amide bonds. The van der Waals surface area contributed by atoms with E-state index in [1.807, 2.05) is 0 Å². The number of ether oxygens (including phenoxy) is 1. The lowest BCUT2D eigenvalue weighted by Gasteiger charge is -2.10. The Balaban J connectivity index is 2.40. The summed E-state index contributed by atoms with van der Waals surface area (Å²) in [5.74, 6) is 2.23. The first-order chi connectivity index (χ1) is 10.2. The van der Waals surface area contributed by atoms with Crippen molar-refractivity contribution < 1.29 is 9.53 Å². The largest absolute Gasteiger partial charge is 0.383 e. The van der Waals surface area contributed by atoms with Crippen LogP contribution < -0.4 is 10.6 Å². The minimum Gasteiger partial charge on any atom is -0.383 e. The molecule has 0 fully saturated rings. The van der Waals surface area contributed by atoms with Gasteiger partial charge in [-0.15, -0.1) is 11.5 Å². The Hall–Kier alpha value is -1.63. The fourth-order valence-corrected chi connectivity index (χ4v) is 2.24. The standard InChI is InChI=1S/C12H20N6O2S/c1-4-5-14-11(19)10(2)21-12-15-16-17-18(12)8-6-13-7-9-20-3/h1,10,13H,5-9H2,2-3H3,(H,14,19). The maximum atomic E-state index is 11.7. The highest BCUT2D eigenvalue weighted by Gasteiger charge is 2.17. The van der Waals surface area contributed by atoms with E-state index in [2.05, 4.69) is 32.1 Å². The molecule has 116 valence electrons. The van der Waals surface area contributed by atoms with Gasteiger partial charge >= 0.3 is 0 Å². The van der Waals surface area contributed by atoms with Crippen molar-refractivity contribution in [1.82, 2.24) is 30.8 Å². The van der Waals surface area contributed by atoms with Gasteiger partial charge < -0.3 is 15.4 Å². The molecule has 8 nitrogen and oxygen atoms in total. The summed E-state index contributed by atoms with van der Waals surface area (Å²) in [6.45, 7) is 4.78. The summed E-state index contributed by atoms with van der Waals surface area (Å²) in [4.78, 5) is 11.7. The second-order valence-electron chi connectivity index (χ2n) is 4.11. The summed E-state index contributed by atoms with van der Waals surface area (Å²) < 4.78 is 6.60. The van der Waals surface area contributed by atoms with Crippen molar-refractivity contribution in [1.29, 1.82) is 0 Å². The number of thioether (sulfide) groups is 1. The zero-order valence-corrected chi connectivity index (χ0v) is 13.0. The lowest BCUT2D eigenvalue weighted by atomic mass is 10.4. The Bertz CT molecular complexity index is 473. The van der Waals surface area contributed by atoms with Crippen molar-refractivity contribution in [3.05, 3.63) is 0 Å². The van der Waals surface area contributed by atoms with Gasteiger partial charge in [0.25, 0.3) is 0 Å². The maximum absolute atomic E-state index is 11.7. The average Bonchev–Trinajstić information content (AvgIpc) is 2.91. The Morgan fingerprint density at radius 2 is 2.38 bits per heavy atom. The van der Waals surface area contributed by atoms with Crippen molar-refractivity contribution in [3.8, 4) is 12.3 Å². The number of carbonyl (C=O) groups is 1. The van der Waals surface area contributed by atoms with Crippen LogP contribution in [-0.2, 0) is 16.1 Å². The number of methoxy groups -OCH3 is 1. The number of hydrogen-bond acceptors (Lipinski definition) is 7. The van der Waals surface area contributed by atoms with E-state index in [4.69, 9.17) is 11.2 Å². The van der Waals surface area contributed by atoms with Crippen LogP contribution in [0.25, 0.3) is 0 Å². The summed E-state index contributed by atoms with van der Waals surface area (Å²) in [7, 11) is 1.66. The molecule has 0 saturated heterocycles. The molecule has 1 unspecified atom stereocenters. The van der Waals surface area contributed by atoms with Gasteiger partial charge in [0.15, 0.2) is 0 Å². The topological polar surface area (TPSA) is 94.0 Å². The van der Waals surface area contributed by atoms with E-state index in [1.165, 1.54) is 11.8 Å². The first-order valence-corrected chi connectivity index (χ1v) is 7.40. The molecule has 0 aliphatic rings. The third kappa shape index (κ3) is 6.57. The third-order valence-corrected chi connectivity index (χ3v) is 3.57. The van der Waals surface area contributed by atoms with Crippen LogP contribution in [0.15, 0.2) is 5.16 Å². The summed E-state index contributed by atoms with van der Waals surface area (Å²) >= 11 is 1.30. The molecule has 1 aromatic rings. The maximum Gasteiger partial charge on any atom is 0.234 e. The summed E-state index contributed by atoms with van der Waals surface area (Å²) in [6.07, 6.45) is 5.10. The van der Waals surface area contributed by atoms with Crippen LogP contribution in [0.1, 0.15) is 6.92 Å². The summed E-state index contributed by atoms with van der Waals surface area (Å²) in [5.41, 5.74) is 0. The van der Waals surface area contributed by atoms with Crippen molar-refractivity contribution in [2.45, 2.75) is 23.9 Å². The van der Waals surface area contributed by atoms with Crippen LogP contribution in [0.2, 0.25) is 0 Å². The number of rotatable bonds is 10. The fraction of sp³-hybridized carbons (Fsp3) is 0.667. The van der Waals surface area contributed by atoms with E-state index in [0.29, 0.717) is 18.3 Å². The SMILES string of the molecule is C#CCNC(=O)C(C)Sc1nnnn1CCNCCOC. The van der Waals surface area contributed by atoms with Gasteiger partial charge in [-0.25, -0.2) is 4.68 Å². The van der Waals surface area contributed by atoms with Crippen molar-refractivity contribution in [2.75, 3.05) is 33.4 Å². The van der Waals surface area contributed by atoms with Gasteiger partial charge in [0, 0.05) is 20.2 Å². The lowest BCUT2D eigenvalue weighted by Crippen LogP contribution is -2.31. The van der Waals surface area contributed by atoms with Crippen LogP contribution >= 0.6 is 11.8 Å². The Morgan fingerprint density at radius 3 is 3.10 bits per heavy atom. The molecule has 1 atom stereocenters. The van der Waals surface area contributed by atoms with E-state index in [-0.39, 0.29) is 17.7 Å². The van der Waals surface area contributed by atoms with Crippen LogP contribution in [-0.4, -0.2) is 64.7 Å². The smallest absolute Gasteiger partial charge is 0.234 e. The molecule has 0 spiro atoms. The average molecular weight is 312 g/mol. The molecule has 0 bridgehead atoms. The van der Waals surface area contributed by atoms with E-state index in [9.17, 15) is 4.79 Å². The van der Waals surface area contributed by atoms with Gasteiger partial charge in [0.1, 0.15) is 0 Å². The van der Waals surface area contributed by atoms with Crippen LogP contribution in [0, 0.1) is 12.3 Å². The highest BCUT2D eigenvalue weighted by atomic mass is 32.2. The minimum absolute atomic E-state index is 0.134. The Kier molecular flexibility index (Phi) is 8.42. The van der Waals surface area contributed by atoms with Crippen molar-refractivity contribution in [3.63, 3.8) is 0 Å². The van der Waals surface area contributed by atoms with Crippen molar-refractivity contribution >= 4 is 17.7 Å². The number of hydrogen-bond donors (Lipinski definition) is 2. The normalized spacial score (nSPS) is 11.9. The quantitative estimate of drug-likeness (QED) is 0.330. The molecule has 1 aromatic heterocycles. The van der Waals surface area contributed by atoms with Gasteiger partial charge in [-0.2, -0.15) is 0 Å². The lowest BCUT2D eigenvalue weighted by molar-refractivity contribution is -0.120. The zero-order valence-electron chi connectivity index (χ0n) is 12.2. The van der Waals surface area contributed by atoms with Gasteiger partial charge in [-0.3, -0.25) is 4.79 Å².